The number of sulfonamides is 1. The second kappa shape index (κ2) is 7.40. The lowest BCUT2D eigenvalue weighted by Crippen LogP contribution is -2.39. The highest BCUT2D eigenvalue weighted by molar-refractivity contribution is 14.1. The van der Waals surface area contributed by atoms with Gasteiger partial charge in [-0.25, -0.2) is 13.8 Å². The van der Waals surface area contributed by atoms with Crippen LogP contribution in [-0.2, 0) is 14.8 Å². The van der Waals surface area contributed by atoms with Crippen molar-refractivity contribution in [1.82, 2.24) is 5.43 Å². The topological polar surface area (TPSA) is 78.8 Å². The third kappa shape index (κ3) is 4.94. The zero-order valence-corrected chi connectivity index (χ0v) is 15.2. The third-order valence-electron chi connectivity index (χ3n) is 3.32. The van der Waals surface area contributed by atoms with Crippen LogP contribution < -0.4 is 9.73 Å². The number of nitrogens with one attached hydrogen (secondary N) is 1. The quantitative estimate of drug-likeness (QED) is 0.569. The van der Waals surface area contributed by atoms with E-state index in [1.54, 1.807) is 24.3 Å². The minimum Gasteiger partial charge on any atom is -0.271 e. The highest BCUT2D eigenvalue weighted by Crippen LogP contribution is 2.19. The molecule has 1 saturated carbocycles. The first-order valence-electron chi connectivity index (χ1n) is 6.94. The fourth-order valence-corrected chi connectivity index (χ4v) is 3.43. The monoisotopic (exact) mass is 435 g/mol. The fraction of sp³-hybridized carbons (Fsp3) is 0.429. The van der Waals surface area contributed by atoms with Crippen molar-refractivity contribution in [3.05, 3.63) is 27.8 Å². The van der Waals surface area contributed by atoms with Crippen LogP contribution in [0, 0.1) is 3.57 Å². The zero-order valence-electron chi connectivity index (χ0n) is 12.3. The molecule has 1 aliphatic carbocycles. The van der Waals surface area contributed by atoms with Gasteiger partial charge in [-0.15, -0.1) is 0 Å². The first-order chi connectivity index (χ1) is 10.4. The summed E-state index contributed by atoms with van der Waals surface area (Å²) in [6.07, 6.45) is 5.06. The Morgan fingerprint density at radius 3 is 2.41 bits per heavy atom. The van der Waals surface area contributed by atoms with Gasteiger partial charge in [0.25, 0.3) is 5.91 Å². The fourth-order valence-electron chi connectivity index (χ4n) is 2.21. The standard InChI is InChI=1S/C14H18IN3O3S/c1-22(20,21)18(13-8-6-11(15)7-9-13)10-14(19)17-16-12-4-2-3-5-12/h6-9H,2-5,10H2,1H3,(H,17,19). The smallest absolute Gasteiger partial charge is 0.260 e. The highest BCUT2D eigenvalue weighted by atomic mass is 127. The lowest BCUT2D eigenvalue weighted by atomic mass is 10.3. The molecule has 1 aromatic rings. The number of amides is 1. The van der Waals surface area contributed by atoms with Crippen LogP contribution in [0.25, 0.3) is 0 Å². The van der Waals surface area contributed by atoms with Crippen LogP contribution in [0.5, 0.6) is 0 Å². The first kappa shape index (κ1) is 17.2. The maximum atomic E-state index is 12.0. The molecular formula is C14H18IN3O3S. The van der Waals surface area contributed by atoms with E-state index in [1.165, 1.54) is 0 Å². The van der Waals surface area contributed by atoms with Gasteiger partial charge in [0, 0.05) is 9.28 Å². The Hall–Kier alpha value is -1.16. The molecule has 1 fully saturated rings. The normalized spacial score (nSPS) is 14.7. The van der Waals surface area contributed by atoms with E-state index in [-0.39, 0.29) is 6.54 Å². The number of benzene rings is 1. The van der Waals surface area contributed by atoms with Crippen LogP contribution in [0.2, 0.25) is 0 Å². The predicted molar refractivity (Wildman–Crippen MR) is 95.4 cm³/mol. The van der Waals surface area contributed by atoms with Gasteiger partial charge in [-0.2, -0.15) is 5.10 Å². The number of anilines is 1. The van der Waals surface area contributed by atoms with Crippen molar-refractivity contribution in [3.8, 4) is 0 Å². The van der Waals surface area contributed by atoms with E-state index in [4.69, 9.17) is 0 Å². The Balaban J connectivity index is 2.08. The molecule has 1 amide bonds. The molecule has 0 aliphatic heterocycles. The molecule has 1 N–H and O–H groups in total. The van der Waals surface area contributed by atoms with Crippen molar-refractivity contribution >= 4 is 49.9 Å². The van der Waals surface area contributed by atoms with Crippen molar-refractivity contribution in [3.63, 3.8) is 0 Å². The van der Waals surface area contributed by atoms with E-state index in [0.717, 1.165) is 45.5 Å². The lowest BCUT2D eigenvalue weighted by Gasteiger charge is -2.21. The molecule has 0 atom stereocenters. The minimum atomic E-state index is -3.54. The van der Waals surface area contributed by atoms with Crippen LogP contribution in [0.15, 0.2) is 29.4 Å². The molecule has 120 valence electrons. The van der Waals surface area contributed by atoms with E-state index in [9.17, 15) is 13.2 Å². The van der Waals surface area contributed by atoms with Gasteiger partial charge >= 0.3 is 0 Å². The van der Waals surface area contributed by atoms with Crippen LogP contribution in [0.1, 0.15) is 25.7 Å². The van der Waals surface area contributed by atoms with Crippen LogP contribution in [0.4, 0.5) is 5.69 Å². The number of nitrogens with zero attached hydrogens (tertiary/aromatic N) is 2. The van der Waals surface area contributed by atoms with E-state index >= 15 is 0 Å². The predicted octanol–water partition coefficient (Wildman–Crippen LogP) is 2.10. The summed E-state index contributed by atoms with van der Waals surface area (Å²) in [5.74, 6) is -0.441. The zero-order chi connectivity index (χ0) is 16.2. The molecule has 0 bridgehead atoms. The van der Waals surface area contributed by atoms with Crippen molar-refractivity contribution in [2.75, 3.05) is 17.1 Å². The molecule has 0 radical (unpaired) electrons. The largest absolute Gasteiger partial charge is 0.271 e. The van der Waals surface area contributed by atoms with Crippen LogP contribution in [-0.4, -0.2) is 32.8 Å². The van der Waals surface area contributed by atoms with Gasteiger partial charge in [0.15, 0.2) is 0 Å². The molecule has 6 nitrogen and oxygen atoms in total. The Morgan fingerprint density at radius 1 is 1.27 bits per heavy atom. The molecule has 8 heteroatoms. The van der Waals surface area contributed by atoms with Crippen molar-refractivity contribution < 1.29 is 13.2 Å². The SMILES string of the molecule is CS(=O)(=O)N(CC(=O)NN=C1CCCC1)c1ccc(I)cc1. The number of hydrazone groups is 1. The lowest BCUT2D eigenvalue weighted by molar-refractivity contribution is -0.119. The highest BCUT2D eigenvalue weighted by Gasteiger charge is 2.20. The summed E-state index contributed by atoms with van der Waals surface area (Å²) >= 11 is 2.14. The molecule has 0 spiro atoms. The molecule has 22 heavy (non-hydrogen) atoms. The van der Waals surface area contributed by atoms with Crippen LogP contribution >= 0.6 is 22.6 Å². The maximum absolute atomic E-state index is 12.0. The Bertz CT molecular complexity index is 663. The van der Waals surface area contributed by atoms with E-state index in [2.05, 4.69) is 33.1 Å². The van der Waals surface area contributed by atoms with Gasteiger partial charge in [0.1, 0.15) is 6.54 Å². The molecule has 0 heterocycles. The average molecular weight is 435 g/mol. The summed E-state index contributed by atoms with van der Waals surface area (Å²) in [4.78, 5) is 12.0. The molecular weight excluding hydrogens is 417 g/mol. The summed E-state index contributed by atoms with van der Waals surface area (Å²) in [5, 5.41) is 4.06. The molecule has 0 unspecified atom stereocenters. The number of halogens is 1. The third-order valence-corrected chi connectivity index (χ3v) is 5.18. The number of carbonyl (C=O) groups is 1. The molecule has 0 aromatic heterocycles. The van der Waals surface area contributed by atoms with Crippen molar-refractivity contribution in [1.29, 1.82) is 0 Å². The molecule has 1 aromatic carbocycles. The Kier molecular flexibility index (Phi) is 5.79. The van der Waals surface area contributed by atoms with Gasteiger partial charge in [0.05, 0.1) is 11.9 Å². The second-order valence-electron chi connectivity index (χ2n) is 5.17. The number of hydrogen-bond acceptors (Lipinski definition) is 4. The van der Waals surface area contributed by atoms with Gasteiger partial charge in [-0.3, -0.25) is 9.10 Å². The Morgan fingerprint density at radius 2 is 1.86 bits per heavy atom. The average Bonchev–Trinajstić information content (AvgIpc) is 2.96. The van der Waals surface area contributed by atoms with E-state index < -0.39 is 15.9 Å². The summed E-state index contributed by atoms with van der Waals surface area (Å²) in [7, 11) is -3.54. The van der Waals surface area contributed by atoms with Crippen molar-refractivity contribution in [2.24, 2.45) is 5.10 Å². The van der Waals surface area contributed by atoms with E-state index in [0.29, 0.717) is 5.69 Å². The van der Waals surface area contributed by atoms with Crippen molar-refractivity contribution in [2.45, 2.75) is 25.7 Å². The Labute approximate surface area is 144 Å². The van der Waals surface area contributed by atoms with Gasteiger partial charge in [-0.05, 0) is 72.5 Å². The molecule has 2 rings (SSSR count). The molecule has 1 aliphatic rings. The van der Waals surface area contributed by atoms with Gasteiger partial charge in [0.2, 0.25) is 10.0 Å². The second-order valence-corrected chi connectivity index (χ2v) is 8.32. The van der Waals surface area contributed by atoms with Gasteiger partial charge in [-0.1, -0.05) is 0 Å². The van der Waals surface area contributed by atoms with Gasteiger partial charge < -0.3 is 0 Å². The maximum Gasteiger partial charge on any atom is 0.260 e. The van der Waals surface area contributed by atoms with Crippen LogP contribution in [0.3, 0.4) is 0 Å². The minimum absolute atomic E-state index is 0.282. The number of rotatable bonds is 5. The van der Waals surface area contributed by atoms with E-state index in [1.807, 2.05) is 0 Å². The summed E-state index contributed by atoms with van der Waals surface area (Å²) in [5.41, 5.74) is 3.88. The number of carbonyl (C=O) groups excluding carboxylic acids is 1. The summed E-state index contributed by atoms with van der Waals surface area (Å²) in [6.45, 7) is -0.282. The molecule has 0 saturated heterocycles. The number of hydrogen-bond donors (Lipinski definition) is 1. The first-order valence-corrected chi connectivity index (χ1v) is 9.86. The summed E-state index contributed by atoms with van der Waals surface area (Å²) in [6, 6.07) is 6.95. The summed E-state index contributed by atoms with van der Waals surface area (Å²) < 4.78 is 25.9.